The van der Waals surface area contributed by atoms with E-state index in [4.69, 9.17) is 4.74 Å². The standard InChI is InChI=1S/C15H18N2O4S/c1-15(2)11(14(20)21-3)17-12(19)9(13(17)22-15)10(18)8-5-4-6-16-7-8/h4-7,9-11,13,18H,1-3H3/t9-,10?,11+,13-/m1/s1. The van der Waals surface area contributed by atoms with Crippen LogP contribution in [-0.4, -0.2) is 50.1 Å². The van der Waals surface area contributed by atoms with Crippen LogP contribution in [0.25, 0.3) is 0 Å². The van der Waals surface area contributed by atoms with Gasteiger partial charge in [-0.3, -0.25) is 9.78 Å². The first-order valence-corrected chi connectivity index (χ1v) is 7.92. The molecule has 0 aromatic carbocycles. The van der Waals surface area contributed by atoms with Crippen molar-refractivity contribution >= 4 is 23.6 Å². The van der Waals surface area contributed by atoms with E-state index in [0.29, 0.717) is 5.56 Å². The van der Waals surface area contributed by atoms with Crippen LogP contribution in [0.1, 0.15) is 25.5 Å². The Labute approximate surface area is 132 Å². The zero-order valence-corrected chi connectivity index (χ0v) is 13.4. The molecule has 4 atom stereocenters. The van der Waals surface area contributed by atoms with Gasteiger partial charge in [-0.2, -0.15) is 0 Å². The van der Waals surface area contributed by atoms with Crippen molar-refractivity contribution in [3.05, 3.63) is 30.1 Å². The average Bonchev–Trinajstić information content (AvgIpc) is 2.75. The maximum absolute atomic E-state index is 12.5. The van der Waals surface area contributed by atoms with Crippen LogP contribution in [0, 0.1) is 5.92 Å². The minimum Gasteiger partial charge on any atom is -0.467 e. The molecule has 2 saturated heterocycles. The van der Waals surface area contributed by atoms with Gasteiger partial charge in [0.25, 0.3) is 0 Å². The molecule has 7 heteroatoms. The summed E-state index contributed by atoms with van der Waals surface area (Å²) in [5.41, 5.74) is 0.612. The number of amides is 1. The molecule has 3 heterocycles. The highest BCUT2D eigenvalue weighted by Gasteiger charge is 2.65. The number of carbonyl (C=O) groups is 2. The van der Waals surface area contributed by atoms with E-state index in [1.165, 1.54) is 18.9 Å². The molecule has 22 heavy (non-hydrogen) atoms. The lowest BCUT2D eigenvalue weighted by molar-refractivity contribution is -0.170. The number of hydrogen-bond donors (Lipinski definition) is 1. The van der Waals surface area contributed by atoms with Crippen LogP contribution in [0.5, 0.6) is 0 Å². The van der Waals surface area contributed by atoms with Gasteiger partial charge in [0, 0.05) is 17.1 Å². The molecule has 2 aliphatic rings. The van der Waals surface area contributed by atoms with Gasteiger partial charge in [-0.05, 0) is 25.5 Å². The van der Waals surface area contributed by atoms with Crippen LogP contribution in [0.3, 0.4) is 0 Å². The highest BCUT2D eigenvalue weighted by Crippen LogP contribution is 2.56. The van der Waals surface area contributed by atoms with Gasteiger partial charge in [-0.1, -0.05) is 6.07 Å². The van der Waals surface area contributed by atoms with Gasteiger partial charge in [-0.25, -0.2) is 4.79 Å². The predicted molar refractivity (Wildman–Crippen MR) is 80.8 cm³/mol. The number of carbonyl (C=O) groups excluding carboxylic acids is 2. The number of pyridine rings is 1. The molecule has 2 aliphatic heterocycles. The summed E-state index contributed by atoms with van der Waals surface area (Å²) in [6.45, 7) is 3.83. The molecule has 6 nitrogen and oxygen atoms in total. The summed E-state index contributed by atoms with van der Waals surface area (Å²) < 4.78 is 4.38. The summed E-state index contributed by atoms with van der Waals surface area (Å²) in [5.74, 6) is -1.18. The van der Waals surface area contributed by atoms with Crippen molar-refractivity contribution < 1.29 is 19.4 Å². The summed E-state index contributed by atoms with van der Waals surface area (Å²) in [7, 11) is 1.32. The van der Waals surface area contributed by atoms with Crippen LogP contribution in [-0.2, 0) is 14.3 Å². The predicted octanol–water partition coefficient (Wildman–Crippen LogP) is 0.966. The van der Waals surface area contributed by atoms with E-state index >= 15 is 0 Å². The molecule has 1 N–H and O–H groups in total. The number of hydrogen-bond acceptors (Lipinski definition) is 6. The number of methoxy groups -OCH3 is 1. The number of rotatable bonds is 3. The van der Waals surface area contributed by atoms with Crippen LogP contribution in [0.4, 0.5) is 0 Å². The number of esters is 1. The Hall–Kier alpha value is -1.60. The van der Waals surface area contributed by atoms with E-state index in [9.17, 15) is 14.7 Å². The average molecular weight is 322 g/mol. The SMILES string of the molecule is COC(=O)[C@@H]1N2C(=O)[C@@H](C(O)c3cccnc3)[C@H]2SC1(C)C. The maximum atomic E-state index is 12.5. The van der Waals surface area contributed by atoms with Crippen LogP contribution >= 0.6 is 11.8 Å². The molecule has 0 bridgehead atoms. The maximum Gasteiger partial charge on any atom is 0.330 e. The molecule has 1 unspecified atom stereocenters. The zero-order chi connectivity index (χ0) is 16.1. The molecule has 1 aromatic heterocycles. The van der Waals surface area contributed by atoms with Crippen molar-refractivity contribution in [3.8, 4) is 0 Å². The van der Waals surface area contributed by atoms with E-state index in [0.717, 1.165) is 0 Å². The summed E-state index contributed by atoms with van der Waals surface area (Å²) in [4.78, 5) is 30.0. The van der Waals surface area contributed by atoms with Crippen molar-refractivity contribution in [2.24, 2.45) is 5.92 Å². The highest BCUT2D eigenvalue weighted by molar-refractivity contribution is 8.01. The number of aromatic nitrogens is 1. The summed E-state index contributed by atoms with van der Waals surface area (Å²) in [5, 5.41) is 10.3. The Morgan fingerprint density at radius 1 is 1.55 bits per heavy atom. The number of ether oxygens (including phenoxy) is 1. The number of aliphatic hydroxyl groups is 1. The topological polar surface area (TPSA) is 79.7 Å². The van der Waals surface area contributed by atoms with Gasteiger partial charge in [0.15, 0.2) is 0 Å². The molecule has 1 amide bonds. The second-order valence-corrected chi connectivity index (χ2v) is 7.81. The first kappa shape index (κ1) is 15.3. The monoisotopic (exact) mass is 322 g/mol. The lowest BCUT2D eigenvalue weighted by atomic mass is 9.85. The van der Waals surface area contributed by atoms with E-state index in [1.54, 1.807) is 29.4 Å². The Balaban J connectivity index is 1.86. The van der Waals surface area contributed by atoms with Crippen LogP contribution in [0.15, 0.2) is 24.5 Å². The van der Waals surface area contributed by atoms with Gasteiger partial charge in [0.1, 0.15) is 6.04 Å². The van der Waals surface area contributed by atoms with Crippen molar-refractivity contribution in [2.75, 3.05) is 7.11 Å². The van der Waals surface area contributed by atoms with Crippen molar-refractivity contribution in [1.29, 1.82) is 0 Å². The Morgan fingerprint density at radius 3 is 2.86 bits per heavy atom. The molecule has 1 aromatic rings. The number of nitrogens with zero attached hydrogens (tertiary/aromatic N) is 2. The third kappa shape index (κ3) is 2.11. The number of β-lactam (4-membered cyclic amide) rings is 1. The Bertz CT molecular complexity index is 607. The van der Waals surface area contributed by atoms with E-state index in [1.807, 2.05) is 13.8 Å². The molecule has 0 saturated carbocycles. The molecular weight excluding hydrogens is 304 g/mol. The molecule has 0 spiro atoms. The lowest BCUT2D eigenvalue weighted by Crippen LogP contribution is -2.64. The minimum atomic E-state index is -0.915. The van der Waals surface area contributed by atoms with Gasteiger partial charge >= 0.3 is 5.97 Å². The molecule has 3 rings (SSSR count). The number of thioether (sulfide) groups is 1. The summed E-state index contributed by atoms with van der Waals surface area (Å²) >= 11 is 1.53. The second-order valence-electron chi connectivity index (χ2n) is 6.04. The quantitative estimate of drug-likeness (QED) is 0.660. The third-order valence-electron chi connectivity index (χ3n) is 4.27. The molecule has 2 fully saturated rings. The fourth-order valence-corrected chi connectivity index (χ4v) is 4.90. The second kappa shape index (κ2) is 5.24. The third-order valence-corrected chi connectivity index (χ3v) is 5.87. The minimum absolute atomic E-state index is 0.213. The van der Waals surface area contributed by atoms with Crippen LogP contribution in [0.2, 0.25) is 0 Å². The van der Waals surface area contributed by atoms with Gasteiger partial charge in [0.05, 0.1) is 24.5 Å². The Kier molecular flexibility index (Phi) is 3.65. The van der Waals surface area contributed by atoms with Crippen molar-refractivity contribution in [1.82, 2.24) is 9.88 Å². The number of aliphatic hydroxyl groups excluding tert-OH is 1. The van der Waals surface area contributed by atoms with E-state index in [2.05, 4.69) is 4.98 Å². The summed E-state index contributed by atoms with van der Waals surface area (Å²) in [6.07, 6.45) is 2.26. The molecule has 0 radical (unpaired) electrons. The van der Waals surface area contributed by atoms with Crippen LogP contribution < -0.4 is 0 Å². The summed E-state index contributed by atoms with van der Waals surface area (Å²) in [6, 6.07) is 2.86. The van der Waals surface area contributed by atoms with Gasteiger partial charge in [-0.15, -0.1) is 11.8 Å². The number of fused-ring (bicyclic) bond motifs is 1. The largest absolute Gasteiger partial charge is 0.467 e. The van der Waals surface area contributed by atoms with Crippen molar-refractivity contribution in [2.45, 2.75) is 36.1 Å². The van der Waals surface area contributed by atoms with Crippen molar-refractivity contribution in [3.63, 3.8) is 0 Å². The molecular formula is C15H18N2O4S. The van der Waals surface area contributed by atoms with Gasteiger partial charge in [0.2, 0.25) is 5.91 Å². The van der Waals surface area contributed by atoms with Gasteiger partial charge < -0.3 is 14.7 Å². The fourth-order valence-electron chi connectivity index (χ4n) is 3.18. The first-order chi connectivity index (χ1) is 10.4. The molecule has 118 valence electrons. The van der Waals surface area contributed by atoms with E-state index in [-0.39, 0.29) is 11.3 Å². The first-order valence-electron chi connectivity index (χ1n) is 7.04. The van der Waals surface area contributed by atoms with E-state index < -0.39 is 28.8 Å². The zero-order valence-electron chi connectivity index (χ0n) is 12.6. The highest BCUT2D eigenvalue weighted by atomic mass is 32.2. The Morgan fingerprint density at radius 2 is 2.27 bits per heavy atom. The molecule has 0 aliphatic carbocycles. The normalized spacial score (nSPS) is 30.5. The fraction of sp³-hybridized carbons (Fsp3) is 0.533. The lowest BCUT2D eigenvalue weighted by Gasteiger charge is -2.45. The smallest absolute Gasteiger partial charge is 0.330 e.